The van der Waals surface area contributed by atoms with Crippen molar-refractivity contribution in [2.24, 2.45) is 7.05 Å². The first-order valence-electron chi connectivity index (χ1n) is 3.98. The predicted molar refractivity (Wildman–Crippen MR) is 49.7 cm³/mol. The number of nitrogens with two attached hydrogens (primary N) is 1. The number of hydrogen-bond donors (Lipinski definition) is 1. The molecule has 0 unspecified atom stereocenters. The summed E-state index contributed by atoms with van der Waals surface area (Å²) in [6.45, 7) is 0. The summed E-state index contributed by atoms with van der Waals surface area (Å²) in [5, 5.41) is 3.94. The number of anilines is 1. The summed E-state index contributed by atoms with van der Waals surface area (Å²) in [7, 11) is 1.80. The van der Waals surface area contributed by atoms with Gasteiger partial charge in [0.15, 0.2) is 5.75 Å². The zero-order chi connectivity index (χ0) is 9.97. The van der Waals surface area contributed by atoms with Crippen LogP contribution in [0.4, 0.5) is 5.69 Å². The Balaban J connectivity index is 2.15. The van der Waals surface area contributed by atoms with Crippen LogP contribution in [-0.4, -0.2) is 19.7 Å². The molecule has 2 N–H and O–H groups in total. The third-order valence-electron chi connectivity index (χ3n) is 1.54. The average molecular weight is 191 g/mol. The molecule has 0 aliphatic rings. The average Bonchev–Trinajstić information content (AvgIpc) is 2.56. The lowest BCUT2D eigenvalue weighted by molar-refractivity contribution is 0.441. The van der Waals surface area contributed by atoms with E-state index < -0.39 is 0 Å². The van der Waals surface area contributed by atoms with E-state index in [9.17, 15) is 0 Å². The molecule has 2 rings (SSSR count). The van der Waals surface area contributed by atoms with Gasteiger partial charge in [-0.2, -0.15) is 5.10 Å². The van der Waals surface area contributed by atoms with Crippen LogP contribution < -0.4 is 10.5 Å². The van der Waals surface area contributed by atoms with Crippen LogP contribution in [0.3, 0.4) is 0 Å². The molecule has 0 spiro atoms. The summed E-state index contributed by atoms with van der Waals surface area (Å²) in [6.07, 6.45) is 6.27. The van der Waals surface area contributed by atoms with E-state index in [2.05, 4.69) is 15.1 Å². The summed E-state index contributed by atoms with van der Waals surface area (Å²) in [5.41, 5.74) is 5.93. The minimum Gasteiger partial charge on any atom is -0.421 e. The van der Waals surface area contributed by atoms with Gasteiger partial charge < -0.3 is 10.5 Å². The highest BCUT2D eigenvalue weighted by Gasteiger charge is 2.01. The lowest BCUT2D eigenvalue weighted by Gasteiger charge is -1.99. The number of rotatable bonds is 2. The molecule has 0 fully saturated rings. The maximum Gasteiger partial charge on any atom is 0.322 e. The Morgan fingerprint density at radius 2 is 2.00 bits per heavy atom. The Hall–Kier alpha value is -2.11. The van der Waals surface area contributed by atoms with Crippen molar-refractivity contribution in [3.63, 3.8) is 0 Å². The van der Waals surface area contributed by atoms with Gasteiger partial charge in [0, 0.05) is 7.05 Å². The number of ether oxygens (including phenoxy) is 1. The number of aromatic nitrogens is 4. The van der Waals surface area contributed by atoms with E-state index in [-0.39, 0.29) is 6.01 Å². The van der Waals surface area contributed by atoms with E-state index in [0.717, 1.165) is 0 Å². The summed E-state index contributed by atoms with van der Waals surface area (Å²) >= 11 is 0. The van der Waals surface area contributed by atoms with Crippen LogP contribution in [0.1, 0.15) is 0 Å². The van der Waals surface area contributed by atoms with Crippen LogP contribution >= 0.6 is 0 Å². The highest BCUT2D eigenvalue weighted by molar-refractivity contribution is 5.31. The van der Waals surface area contributed by atoms with Gasteiger partial charge in [0.2, 0.25) is 0 Å². The molecule has 0 amide bonds. The molecule has 0 saturated heterocycles. The van der Waals surface area contributed by atoms with Crippen molar-refractivity contribution < 1.29 is 4.74 Å². The summed E-state index contributed by atoms with van der Waals surface area (Å²) < 4.78 is 6.92. The fraction of sp³-hybridized carbons (Fsp3) is 0.125. The second kappa shape index (κ2) is 3.33. The van der Waals surface area contributed by atoms with Crippen molar-refractivity contribution in [3.05, 3.63) is 24.8 Å². The number of nitrogens with zero attached hydrogens (tertiary/aromatic N) is 4. The minimum atomic E-state index is 0.257. The first kappa shape index (κ1) is 8.49. The van der Waals surface area contributed by atoms with Gasteiger partial charge in [-0.1, -0.05) is 0 Å². The van der Waals surface area contributed by atoms with E-state index in [0.29, 0.717) is 11.4 Å². The molecule has 2 heterocycles. The molecule has 14 heavy (non-hydrogen) atoms. The molecule has 2 aromatic rings. The second-order valence-corrected chi connectivity index (χ2v) is 2.75. The highest BCUT2D eigenvalue weighted by Crippen LogP contribution is 2.15. The Kier molecular flexibility index (Phi) is 2.02. The monoisotopic (exact) mass is 191 g/mol. The van der Waals surface area contributed by atoms with Crippen molar-refractivity contribution in [1.29, 1.82) is 0 Å². The van der Waals surface area contributed by atoms with Crippen LogP contribution in [0.25, 0.3) is 0 Å². The molecular weight excluding hydrogens is 182 g/mol. The normalized spacial score (nSPS) is 10.1. The molecule has 2 aromatic heterocycles. The molecule has 0 saturated carbocycles. The third-order valence-corrected chi connectivity index (χ3v) is 1.54. The molecule has 0 atom stereocenters. The molecule has 0 aliphatic heterocycles. The van der Waals surface area contributed by atoms with Crippen LogP contribution in [0.15, 0.2) is 24.8 Å². The van der Waals surface area contributed by atoms with Crippen molar-refractivity contribution in [2.75, 3.05) is 5.73 Å². The predicted octanol–water partition coefficient (Wildman–Crippen LogP) is 0.585. The van der Waals surface area contributed by atoms with Crippen molar-refractivity contribution >= 4 is 5.69 Å². The number of nitrogen functional groups attached to an aromatic ring is 1. The van der Waals surface area contributed by atoms with E-state index >= 15 is 0 Å². The quantitative estimate of drug-likeness (QED) is 0.751. The van der Waals surface area contributed by atoms with Gasteiger partial charge in [-0.3, -0.25) is 4.68 Å². The summed E-state index contributed by atoms with van der Waals surface area (Å²) in [4.78, 5) is 7.77. The van der Waals surface area contributed by atoms with Gasteiger partial charge in [0.1, 0.15) is 0 Å². The Labute approximate surface area is 80.4 Å². The summed E-state index contributed by atoms with van der Waals surface area (Å²) in [6, 6.07) is 0.257. The van der Waals surface area contributed by atoms with Crippen LogP contribution in [0.5, 0.6) is 11.8 Å². The van der Waals surface area contributed by atoms with E-state index in [4.69, 9.17) is 10.5 Å². The van der Waals surface area contributed by atoms with Crippen LogP contribution in [0, 0.1) is 0 Å². The maximum absolute atomic E-state index is 5.43. The van der Waals surface area contributed by atoms with E-state index in [1.165, 1.54) is 12.4 Å². The van der Waals surface area contributed by atoms with Gasteiger partial charge in [0.25, 0.3) is 0 Å². The Morgan fingerprint density at radius 1 is 1.29 bits per heavy atom. The smallest absolute Gasteiger partial charge is 0.322 e. The summed E-state index contributed by atoms with van der Waals surface area (Å²) in [5.74, 6) is 0.595. The molecular formula is C8H9N5O. The van der Waals surface area contributed by atoms with Crippen molar-refractivity contribution in [3.8, 4) is 11.8 Å². The molecule has 0 aliphatic carbocycles. The molecule has 0 aromatic carbocycles. The topological polar surface area (TPSA) is 78.9 Å². The standard InChI is InChI=1S/C8H9N5O/c1-13-5-7(4-12-13)14-8-10-2-6(9)3-11-8/h2-5H,9H2,1H3. The lowest BCUT2D eigenvalue weighted by Crippen LogP contribution is -1.93. The van der Waals surface area contributed by atoms with Gasteiger partial charge in [-0.25, -0.2) is 9.97 Å². The zero-order valence-corrected chi connectivity index (χ0v) is 7.58. The second-order valence-electron chi connectivity index (χ2n) is 2.75. The number of aryl methyl sites for hydroxylation is 1. The molecule has 72 valence electrons. The van der Waals surface area contributed by atoms with E-state index in [1.54, 1.807) is 24.1 Å². The zero-order valence-electron chi connectivity index (χ0n) is 7.58. The Bertz CT molecular complexity index is 422. The van der Waals surface area contributed by atoms with Crippen molar-refractivity contribution in [1.82, 2.24) is 19.7 Å². The van der Waals surface area contributed by atoms with Crippen molar-refractivity contribution in [2.45, 2.75) is 0 Å². The minimum absolute atomic E-state index is 0.257. The molecule has 6 heteroatoms. The SMILES string of the molecule is Cn1cc(Oc2ncc(N)cn2)cn1. The number of hydrogen-bond acceptors (Lipinski definition) is 5. The maximum atomic E-state index is 5.43. The lowest BCUT2D eigenvalue weighted by atomic mass is 10.6. The first-order chi connectivity index (χ1) is 6.74. The molecule has 0 radical (unpaired) electrons. The van der Waals surface area contributed by atoms with Gasteiger partial charge in [-0.15, -0.1) is 0 Å². The van der Waals surface area contributed by atoms with Gasteiger partial charge in [0.05, 0.1) is 30.5 Å². The fourth-order valence-corrected chi connectivity index (χ4v) is 0.936. The molecule has 6 nitrogen and oxygen atoms in total. The van der Waals surface area contributed by atoms with Crippen LogP contribution in [0.2, 0.25) is 0 Å². The van der Waals surface area contributed by atoms with Gasteiger partial charge in [-0.05, 0) is 0 Å². The highest BCUT2D eigenvalue weighted by atomic mass is 16.5. The third kappa shape index (κ3) is 1.79. The van der Waals surface area contributed by atoms with Gasteiger partial charge >= 0.3 is 6.01 Å². The Morgan fingerprint density at radius 3 is 2.57 bits per heavy atom. The largest absolute Gasteiger partial charge is 0.421 e. The fourth-order valence-electron chi connectivity index (χ4n) is 0.936. The van der Waals surface area contributed by atoms with E-state index in [1.807, 2.05) is 0 Å². The van der Waals surface area contributed by atoms with Crippen LogP contribution in [-0.2, 0) is 7.05 Å². The first-order valence-corrected chi connectivity index (χ1v) is 3.98. The molecule has 0 bridgehead atoms.